The molecule has 19 heavy (non-hydrogen) atoms. The maximum absolute atomic E-state index is 11.4. The number of fused-ring (bicyclic) bond motifs is 2. The number of hydrogen-bond donors (Lipinski definition) is 1. The highest BCUT2D eigenvalue weighted by molar-refractivity contribution is 6.13. The van der Waals surface area contributed by atoms with Crippen LogP contribution in [0.25, 0.3) is 0 Å². The van der Waals surface area contributed by atoms with Gasteiger partial charge in [0, 0.05) is 31.4 Å². The number of nitrogens with one attached hydrogen (secondary N) is 1. The van der Waals surface area contributed by atoms with Crippen molar-refractivity contribution in [2.75, 3.05) is 14.2 Å². The van der Waals surface area contributed by atoms with Crippen LogP contribution in [0, 0.1) is 5.41 Å². The second-order valence-corrected chi connectivity index (χ2v) is 4.06. The molecule has 0 saturated heterocycles. The van der Waals surface area contributed by atoms with Crippen LogP contribution in [0.2, 0.25) is 0 Å². The average Bonchev–Trinajstić information content (AvgIpc) is 2.90. The summed E-state index contributed by atoms with van der Waals surface area (Å²) in [5.74, 6) is -1.03. The quantitative estimate of drug-likeness (QED) is 0.827. The van der Waals surface area contributed by atoms with E-state index in [0.717, 1.165) is 0 Å². The van der Waals surface area contributed by atoms with Gasteiger partial charge in [0.05, 0.1) is 12.0 Å². The van der Waals surface area contributed by atoms with Crippen molar-refractivity contribution < 1.29 is 18.3 Å². The van der Waals surface area contributed by atoms with Gasteiger partial charge in [-0.2, -0.15) is 0 Å². The van der Waals surface area contributed by atoms with Crippen LogP contribution in [-0.4, -0.2) is 19.9 Å². The van der Waals surface area contributed by atoms with Crippen molar-refractivity contribution >= 4 is 5.71 Å². The van der Waals surface area contributed by atoms with Crippen LogP contribution >= 0.6 is 0 Å². The van der Waals surface area contributed by atoms with Crippen molar-refractivity contribution in [3.8, 4) is 0 Å². The minimum absolute atomic E-state index is 0.123. The topological polar surface area (TPSA) is 85.7 Å². The lowest BCUT2D eigenvalue weighted by molar-refractivity contribution is -0.207. The van der Waals surface area contributed by atoms with Gasteiger partial charge in [-0.3, -0.25) is 5.41 Å². The number of ether oxygens (including phenoxy) is 2. The summed E-state index contributed by atoms with van der Waals surface area (Å²) >= 11 is 0. The third kappa shape index (κ3) is 1.38. The highest BCUT2D eigenvalue weighted by Gasteiger charge is 2.49. The Morgan fingerprint density at radius 1 is 1.11 bits per heavy atom. The molecule has 1 aliphatic carbocycles. The molecule has 0 aromatic carbocycles. The van der Waals surface area contributed by atoms with Gasteiger partial charge in [0.1, 0.15) is 0 Å². The van der Waals surface area contributed by atoms with E-state index in [1.54, 1.807) is 6.07 Å². The molecule has 0 amide bonds. The third-order valence-electron chi connectivity index (χ3n) is 3.21. The van der Waals surface area contributed by atoms with Crippen molar-refractivity contribution in [1.29, 1.82) is 5.41 Å². The highest BCUT2D eigenvalue weighted by Crippen LogP contribution is 2.42. The molecule has 98 valence electrons. The molecule has 6 heteroatoms. The number of hydrogen-bond acceptors (Lipinski definition) is 6. The third-order valence-corrected chi connectivity index (χ3v) is 3.21. The largest absolute Gasteiger partial charge is 0.462 e. The zero-order valence-electron chi connectivity index (χ0n) is 10.4. The Labute approximate surface area is 108 Å². The van der Waals surface area contributed by atoms with Gasteiger partial charge in [0.2, 0.25) is 0 Å². The van der Waals surface area contributed by atoms with Gasteiger partial charge in [0.25, 0.3) is 5.79 Å². The summed E-state index contributed by atoms with van der Waals surface area (Å²) in [6.45, 7) is 0. The van der Waals surface area contributed by atoms with E-state index in [1.807, 2.05) is 0 Å². The summed E-state index contributed by atoms with van der Waals surface area (Å²) < 4.78 is 21.4. The predicted octanol–water partition coefficient (Wildman–Crippen LogP) is 1.46. The van der Waals surface area contributed by atoms with Crippen LogP contribution in [0.5, 0.6) is 0 Å². The van der Waals surface area contributed by atoms with E-state index in [-0.39, 0.29) is 11.5 Å². The first kappa shape index (κ1) is 11.9. The van der Waals surface area contributed by atoms with Gasteiger partial charge >= 0.3 is 5.63 Å². The Hall–Kier alpha value is -2.18. The van der Waals surface area contributed by atoms with Gasteiger partial charge in [0.15, 0.2) is 11.5 Å². The minimum atomic E-state index is -1.45. The van der Waals surface area contributed by atoms with Crippen LogP contribution in [0.4, 0.5) is 0 Å². The van der Waals surface area contributed by atoms with Gasteiger partial charge in [-0.25, -0.2) is 4.79 Å². The van der Waals surface area contributed by atoms with E-state index in [1.165, 1.54) is 32.6 Å². The number of furan rings is 1. The summed E-state index contributed by atoms with van der Waals surface area (Å²) in [5, 5.41) is 8.13. The van der Waals surface area contributed by atoms with Gasteiger partial charge < -0.3 is 18.3 Å². The molecule has 0 fully saturated rings. The van der Waals surface area contributed by atoms with E-state index in [2.05, 4.69) is 0 Å². The molecular formula is C13H11NO5. The van der Waals surface area contributed by atoms with Crippen molar-refractivity contribution in [3.63, 3.8) is 0 Å². The van der Waals surface area contributed by atoms with Gasteiger partial charge in [-0.15, -0.1) is 0 Å². The molecule has 0 spiro atoms. The first-order valence-corrected chi connectivity index (χ1v) is 5.56. The zero-order valence-corrected chi connectivity index (χ0v) is 10.4. The molecule has 6 nitrogen and oxygen atoms in total. The highest BCUT2D eigenvalue weighted by atomic mass is 16.7. The lowest BCUT2D eigenvalue weighted by atomic mass is 9.89. The molecule has 0 unspecified atom stereocenters. The maximum atomic E-state index is 11.4. The Morgan fingerprint density at radius 2 is 1.79 bits per heavy atom. The fourth-order valence-electron chi connectivity index (χ4n) is 2.32. The Morgan fingerprint density at radius 3 is 2.47 bits per heavy atom. The van der Waals surface area contributed by atoms with E-state index in [9.17, 15) is 4.79 Å². The first-order valence-electron chi connectivity index (χ1n) is 5.56. The summed E-state index contributed by atoms with van der Waals surface area (Å²) in [7, 11) is 2.84. The van der Waals surface area contributed by atoms with Gasteiger partial charge in [-0.05, 0) is 12.1 Å². The van der Waals surface area contributed by atoms with E-state index >= 15 is 0 Å². The standard InChI is InChI=1S/C13H11NO5/c1-16-13(17-2)11-8(5-6-18-11)10(14)7-3-4-9(15)19-12(7)13/h3-6,14H,1-2H3. The molecule has 0 aliphatic heterocycles. The Bertz CT molecular complexity index is 708. The lowest BCUT2D eigenvalue weighted by Crippen LogP contribution is -2.39. The smallest absolute Gasteiger partial charge is 0.336 e. The van der Waals surface area contributed by atoms with E-state index in [4.69, 9.17) is 23.7 Å². The molecule has 2 heterocycles. The fraction of sp³-hybridized carbons (Fsp3) is 0.231. The Balaban J connectivity index is 2.41. The summed E-state index contributed by atoms with van der Waals surface area (Å²) in [5.41, 5.74) is 0.648. The van der Waals surface area contributed by atoms with Gasteiger partial charge in [-0.1, -0.05) is 0 Å². The summed E-state index contributed by atoms with van der Waals surface area (Å²) in [6.07, 6.45) is 1.44. The molecule has 2 aromatic rings. The Kier molecular flexibility index (Phi) is 2.44. The predicted molar refractivity (Wildman–Crippen MR) is 64.4 cm³/mol. The SMILES string of the molecule is COC1(OC)c2occc2C(=N)c2ccc(=O)oc21. The van der Waals surface area contributed by atoms with Crippen molar-refractivity contribution in [2.24, 2.45) is 0 Å². The fourth-order valence-corrected chi connectivity index (χ4v) is 2.32. The summed E-state index contributed by atoms with van der Waals surface area (Å²) in [4.78, 5) is 11.4. The van der Waals surface area contributed by atoms with Crippen LogP contribution in [0.3, 0.4) is 0 Å². The maximum Gasteiger partial charge on any atom is 0.336 e. The molecule has 0 radical (unpaired) electrons. The monoisotopic (exact) mass is 261 g/mol. The van der Waals surface area contributed by atoms with E-state index < -0.39 is 11.4 Å². The second-order valence-electron chi connectivity index (χ2n) is 4.06. The molecule has 0 saturated carbocycles. The molecule has 1 N–H and O–H groups in total. The molecule has 3 rings (SSSR count). The average molecular weight is 261 g/mol. The van der Waals surface area contributed by atoms with Crippen molar-refractivity contribution in [2.45, 2.75) is 5.79 Å². The normalized spacial score (nSPS) is 16.0. The van der Waals surface area contributed by atoms with E-state index in [0.29, 0.717) is 16.9 Å². The molecule has 0 bridgehead atoms. The van der Waals surface area contributed by atoms with Crippen molar-refractivity contribution in [3.05, 3.63) is 57.5 Å². The van der Waals surface area contributed by atoms with Crippen LogP contribution in [0.1, 0.15) is 22.6 Å². The summed E-state index contributed by atoms with van der Waals surface area (Å²) in [6, 6.07) is 4.43. The zero-order chi connectivity index (χ0) is 13.6. The van der Waals surface area contributed by atoms with Crippen LogP contribution in [0.15, 0.2) is 38.1 Å². The lowest BCUT2D eigenvalue weighted by Gasteiger charge is -2.32. The van der Waals surface area contributed by atoms with Crippen LogP contribution < -0.4 is 5.63 Å². The number of methoxy groups -OCH3 is 2. The molecule has 0 atom stereocenters. The van der Waals surface area contributed by atoms with Crippen LogP contribution in [-0.2, 0) is 15.3 Å². The minimum Gasteiger partial charge on any atom is -0.462 e. The molecule has 1 aliphatic rings. The molecular weight excluding hydrogens is 250 g/mol. The number of rotatable bonds is 2. The molecule has 2 aromatic heterocycles. The van der Waals surface area contributed by atoms with Crippen molar-refractivity contribution in [1.82, 2.24) is 0 Å². The second kappa shape index (κ2) is 3.91. The first-order chi connectivity index (χ1) is 9.14.